The van der Waals surface area contributed by atoms with Crippen LogP contribution in [0.25, 0.3) is 22.0 Å². The molecule has 3 aromatic heterocycles. The normalized spacial score (nSPS) is 10.3. The zero-order valence-corrected chi connectivity index (χ0v) is 13.5. The number of rotatable bonds is 2. The Labute approximate surface area is 144 Å². The lowest BCUT2D eigenvalue weighted by molar-refractivity contribution is 0.398. The van der Waals surface area contributed by atoms with Gasteiger partial charge in [-0.2, -0.15) is 5.10 Å². The quantitative estimate of drug-likeness (QED) is 0.573. The van der Waals surface area contributed by atoms with Crippen LogP contribution in [-0.4, -0.2) is 27.3 Å². The number of ether oxygens (including phenoxy) is 1. The summed E-state index contributed by atoms with van der Waals surface area (Å²) < 4.78 is 5.11. The summed E-state index contributed by atoms with van der Waals surface area (Å²) in [5.41, 5.74) is 4.75. The molecule has 0 spiro atoms. The molecule has 0 radical (unpaired) electrons. The Kier molecular flexibility index (Phi) is 3.85. The van der Waals surface area contributed by atoms with Gasteiger partial charge in [0.15, 0.2) is 0 Å². The van der Waals surface area contributed by atoms with Gasteiger partial charge in [0.2, 0.25) is 5.88 Å². The van der Waals surface area contributed by atoms with Crippen molar-refractivity contribution in [3.05, 3.63) is 72.3 Å². The van der Waals surface area contributed by atoms with Crippen molar-refractivity contribution >= 4 is 10.9 Å². The highest BCUT2D eigenvalue weighted by atomic mass is 16.5. The molecular formula is C20H14N4O. The van der Waals surface area contributed by atoms with E-state index < -0.39 is 0 Å². The third-order valence-electron chi connectivity index (χ3n) is 3.86. The Bertz CT molecular complexity index is 1070. The van der Waals surface area contributed by atoms with Gasteiger partial charge in [-0.1, -0.05) is 17.9 Å². The van der Waals surface area contributed by atoms with Gasteiger partial charge in [-0.25, -0.2) is 4.98 Å². The summed E-state index contributed by atoms with van der Waals surface area (Å²) in [6, 6.07) is 11.9. The van der Waals surface area contributed by atoms with Gasteiger partial charge in [-0.05, 0) is 29.8 Å². The predicted octanol–water partition coefficient (Wildman–Crippen LogP) is 3.43. The molecule has 25 heavy (non-hydrogen) atoms. The first-order valence-corrected chi connectivity index (χ1v) is 7.73. The number of H-pyrrole nitrogens is 1. The maximum absolute atomic E-state index is 5.11. The first-order valence-electron chi connectivity index (χ1n) is 7.73. The fourth-order valence-electron chi connectivity index (χ4n) is 2.57. The number of fused-ring (bicyclic) bond motifs is 1. The lowest BCUT2D eigenvalue weighted by atomic mass is 10.0. The van der Waals surface area contributed by atoms with Crippen molar-refractivity contribution in [2.24, 2.45) is 0 Å². The molecule has 120 valence electrons. The Hall–Kier alpha value is -3.65. The second kappa shape index (κ2) is 6.46. The fourth-order valence-corrected chi connectivity index (χ4v) is 2.57. The first kappa shape index (κ1) is 14.9. The van der Waals surface area contributed by atoms with Gasteiger partial charge >= 0.3 is 0 Å². The maximum Gasteiger partial charge on any atom is 0.212 e. The third kappa shape index (κ3) is 3.06. The predicted molar refractivity (Wildman–Crippen MR) is 96.1 cm³/mol. The summed E-state index contributed by atoms with van der Waals surface area (Å²) >= 11 is 0. The van der Waals surface area contributed by atoms with E-state index in [4.69, 9.17) is 4.74 Å². The third-order valence-corrected chi connectivity index (χ3v) is 3.86. The Morgan fingerprint density at radius 2 is 1.88 bits per heavy atom. The highest BCUT2D eigenvalue weighted by Crippen LogP contribution is 2.25. The second-order valence-electron chi connectivity index (χ2n) is 5.42. The molecule has 4 aromatic rings. The van der Waals surface area contributed by atoms with Crippen LogP contribution in [0.2, 0.25) is 0 Å². The topological polar surface area (TPSA) is 63.7 Å². The van der Waals surface area contributed by atoms with Gasteiger partial charge < -0.3 is 4.74 Å². The van der Waals surface area contributed by atoms with E-state index in [0.29, 0.717) is 5.88 Å². The molecule has 5 nitrogen and oxygen atoms in total. The van der Waals surface area contributed by atoms with Gasteiger partial charge in [0, 0.05) is 41.2 Å². The van der Waals surface area contributed by atoms with Crippen LogP contribution < -0.4 is 4.74 Å². The zero-order valence-electron chi connectivity index (χ0n) is 13.5. The van der Waals surface area contributed by atoms with E-state index in [1.165, 1.54) is 0 Å². The minimum Gasteiger partial charge on any atom is -0.481 e. The number of pyridine rings is 2. The van der Waals surface area contributed by atoms with Crippen LogP contribution in [-0.2, 0) is 0 Å². The van der Waals surface area contributed by atoms with Crippen LogP contribution in [0, 0.1) is 11.8 Å². The summed E-state index contributed by atoms with van der Waals surface area (Å²) in [5, 5.41) is 7.68. The number of methoxy groups -OCH3 is 1. The largest absolute Gasteiger partial charge is 0.481 e. The number of nitrogens with zero attached hydrogens (tertiary/aromatic N) is 3. The molecule has 0 aliphatic heterocycles. The summed E-state index contributed by atoms with van der Waals surface area (Å²) in [5.74, 6) is 6.90. The van der Waals surface area contributed by atoms with Crippen molar-refractivity contribution in [2.75, 3.05) is 7.11 Å². The van der Waals surface area contributed by atoms with E-state index in [2.05, 4.69) is 38.1 Å². The molecule has 0 fully saturated rings. The van der Waals surface area contributed by atoms with Gasteiger partial charge in [-0.15, -0.1) is 0 Å². The van der Waals surface area contributed by atoms with Crippen molar-refractivity contribution in [1.29, 1.82) is 0 Å². The number of aromatic nitrogens is 4. The smallest absolute Gasteiger partial charge is 0.212 e. The van der Waals surface area contributed by atoms with Crippen LogP contribution in [0.4, 0.5) is 0 Å². The van der Waals surface area contributed by atoms with E-state index in [1.807, 2.05) is 30.3 Å². The molecule has 0 aliphatic rings. The molecule has 1 N–H and O–H groups in total. The fraction of sp³-hybridized carbons (Fsp3) is 0.0500. The minimum absolute atomic E-state index is 0.595. The van der Waals surface area contributed by atoms with Crippen LogP contribution in [0.5, 0.6) is 5.88 Å². The molecule has 0 aliphatic carbocycles. The SMILES string of the molecule is COc1ccc(-c2ccc3nccc(C#Cc4cn[nH]c4)c3c2)cn1. The molecular weight excluding hydrogens is 312 g/mol. The van der Waals surface area contributed by atoms with E-state index >= 15 is 0 Å². The molecule has 0 amide bonds. The molecule has 4 rings (SSSR count). The highest BCUT2D eigenvalue weighted by Gasteiger charge is 2.05. The Morgan fingerprint density at radius 1 is 0.960 bits per heavy atom. The lowest BCUT2D eigenvalue weighted by Gasteiger charge is -2.06. The number of hydrogen-bond acceptors (Lipinski definition) is 4. The zero-order chi connectivity index (χ0) is 17.1. The van der Waals surface area contributed by atoms with Crippen LogP contribution in [0.3, 0.4) is 0 Å². The summed E-state index contributed by atoms with van der Waals surface area (Å²) in [4.78, 5) is 8.70. The van der Waals surface area contributed by atoms with Gasteiger partial charge in [0.1, 0.15) is 0 Å². The maximum atomic E-state index is 5.11. The molecule has 0 unspecified atom stereocenters. The summed E-state index contributed by atoms with van der Waals surface area (Å²) in [7, 11) is 1.61. The number of nitrogens with one attached hydrogen (secondary N) is 1. The van der Waals surface area contributed by atoms with Crippen LogP contribution in [0.15, 0.2) is 61.2 Å². The summed E-state index contributed by atoms with van der Waals surface area (Å²) in [6.45, 7) is 0. The molecule has 0 saturated carbocycles. The average molecular weight is 326 g/mol. The molecule has 0 atom stereocenters. The van der Waals surface area contributed by atoms with Crippen LogP contribution in [0.1, 0.15) is 11.1 Å². The standard InChI is InChI=1S/C20H14N4O/c1-25-20-7-5-17(13-22-20)16-4-6-19-18(10-16)15(8-9-21-19)3-2-14-11-23-24-12-14/h4-13H,1H3,(H,23,24). The molecule has 5 heteroatoms. The molecule has 0 saturated heterocycles. The van der Waals surface area contributed by atoms with Gasteiger partial charge in [0.25, 0.3) is 0 Å². The minimum atomic E-state index is 0.595. The lowest BCUT2D eigenvalue weighted by Crippen LogP contribution is -1.88. The van der Waals surface area contributed by atoms with Crippen LogP contribution >= 0.6 is 0 Å². The van der Waals surface area contributed by atoms with Crippen molar-refractivity contribution < 1.29 is 4.74 Å². The Morgan fingerprint density at radius 3 is 2.64 bits per heavy atom. The van der Waals surface area contributed by atoms with Crippen molar-refractivity contribution in [1.82, 2.24) is 20.2 Å². The van der Waals surface area contributed by atoms with Gasteiger partial charge in [-0.3, -0.25) is 10.1 Å². The highest BCUT2D eigenvalue weighted by molar-refractivity contribution is 5.89. The molecule has 0 bridgehead atoms. The van der Waals surface area contributed by atoms with E-state index in [9.17, 15) is 0 Å². The van der Waals surface area contributed by atoms with E-state index in [1.54, 1.807) is 31.9 Å². The number of aromatic amines is 1. The van der Waals surface area contributed by atoms with Gasteiger partial charge in [0.05, 0.1) is 24.4 Å². The Balaban J connectivity index is 1.79. The monoisotopic (exact) mass is 326 g/mol. The summed E-state index contributed by atoms with van der Waals surface area (Å²) in [6.07, 6.45) is 7.04. The number of benzene rings is 1. The van der Waals surface area contributed by atoms with Crippen molar-refractivity contribution in [2.45, 2.75) is 0 Å². The van der Waals surface area contributed by atoms with E-state index in [0.717, 1.165) is 33.2 Å². The average Bonchev–Trinajstić information content (AvgIpc) is 3.19. The molecule has 1 aromatic carbocycles. The van der Waals surface area contributed by atoms with E-state index in [-0.39, 0.29) is 0 Å². The molecule has 3 heterocycles. The number of hydrogen-bond donors (Lipinski definition) is 1. The van der Waals surface area contributed by atoms with Crippen molar-refractivity contribution in [3.8, 4) is 28.8 Å². The second-order valence-corrected chi connectivity index (χ2v) is 5.42. The first-order chi connectivity index (χ1) is 12.3. The van der Waals surface area contributed by atoms with Crippen molar-refractivity contribution in [3.63, 3.8) is 0 Å².